The zero-order valence-electron chi connectivity index (χ0n) is 14.2. The number of aromatic hydroxyl groups is 1. The number of anilines is 1. The normalized spacial score (nSPS) is 17.9. The van der Waals surface area contributed by atoms with Crippen molar-refractivity contribution in [3.8, 4) is 5.75 Å². The number of rotatable bonds is 5. The van der Waals surface area contributed by atoms with Crippen molar-refractivity contribution in [1.82, 2.24) is 5.32 Å². The molecule has 0 spiro atoms. The molecule has 0 radical (unpaired) electrons. The summed E-state index contributed by atoms with van der Waals surface area (Å²) in [6.45, 7) is 0. The molecule has 7 nitrogen and oxygen atoms in total. The molecule has 1 fully saturated rings. The minimum atomic E-state index is -0.624. The van der Waals surface area contributed by atoms with Crippen LogP contribution in [-0.2, 0) is 9.59 Å². The van der Waals surface area contributed by atoms with Gasteiger partial charge in [-0.15, -0.1) is 5.10 Å². The van der Waals surface area contributed by atoms with Gasteiger partial charge in [-0.1, -0.05) is 47.1 Å². The molecule has 0 saturated carbocycles. The summed E-state index contributed by atoms with van der Waals surface area (Å²) in [4.78, 5) is 24.2. The van der Waals surface area contributed by atoms with Crippen LogP contribution in [0.3, 0.4) is 0 Å². The molecule has 3 N–H and O–H groups in total. The van der Waals surface area contributed by atoms with Gasteiger partial charge in [0.2, 0.25) is 11.8 Å². The van der Waals surface area contributed by atoms with Crippen molar-refractivity contribution in [2.45, 2.75) is 11.7 Å². The zero-order valence-corrected chi connectivity index (χ0v) is 16.6. The lowest BCUT2D eigenvalue weighted by molar-refractivity contribution is -0.122. The van der Waals surface area contributed by atoms with Gasteiger partial charge in [-0.25, -0.2) is 0 Å². The summed E-state index contributed by atoms with van der Waals surface area (Å²) in [7, 11) is 0. The van der Waals surface area contributed by atoms with Crippen LogP contribution < -0.4 is 10.6 Å². The van der Waals surface area contributed by atoms with E-state index in [4.69, 9.17) is 23.2 Å². The van der Waals surface area contributed by atoms with Crippen LogP contribution >= 0.6 is 35.0 Å². The Hall–Kier alpha value is -2.55. The number of amidine groups is 1. The Labute approximate surface area is 174 Å². The summed E-state index contributed by atoms with van der Waals surface area (Å²) < 4.78 is 0. The molecule has 0 aromatic heterocycles. The van der Waals surface area contributed by atoms with Crippen molar-refractivity contribution in [2.75, 3.05) is 5.32 Å². The molecule has 28 heavy (non-hydrogen) atoms. The number of phenolic OH excluding ortho intramolecular Hbond substituents is 1. The second-order valence-electron chi connectivity index (χ2n) is 5.72. The maximum Gasteiger partial charge on any atom is 0.240 e. The molecule has 10 heteroatoms. The SMILES string of the molecule is O=C(CC1S/C(=N\N=C\c2cccc(O)c2)NC1=O)Nc1ccc(Cl)cc1Cl. The Morgan fingerprint density at radius 1 is 1.29 bits per heavy atom. The largest absolute Gasteiger partial charge is 0.508 e. The van der Waals surface area contributed by atoms with Gasteiger partial charge < -0.3 is 15.7 Å². The van der Waals surface area contributed by atoms with Gasteiger partial charge in [-0.3, -0.25) is 9.59 Å². The fraction of sp³-hybridized carbons (Fsp3) is 0.111. The van der Waals surface area contributed by atoms with Crippen molar-refractivity contribution in [2.24, 2.45) is 10.2 Å². The fourth-order valence-corrected chi connectivity index (χ4v) is 3.68. The molecule has 3 rings (SSSR count). The first-order valence-corrected chi connectivity index (χ1v) is 9.67. The molecule has 0 bridgehead atoms. The molecule has 2 amide bonds. The molecule has 1 saturated heterocycles. The van der Waals surface area contributed by atoms with Crippen LogP contribution in [0.1, 0.15) is 12.0 Å². The summed E-state index contributed by atoms with van der Waals surface area (Å²) in [5.41, 5.74) is 1.08. The van der Waals surface area contributed by atoms with E-state index in [-0.39, 0.29) is 24.0 Å². The summed E-state index contributed by atoms with van der Waals surface area (Å²) in [5, 5.41) is 22.9. The number of thioether (sulfide) groups is 1. The molecule has 1 heterocycles. The van der Waals surface area contributed by atoms with E-state index in [1.807, 2.05) is 0 Å². The molecule has 1 aliphatic heterocycles. The van der Waals surface area contributed by atoms with Gasteiger partial charge in [0.15, 0.2) is 5.17 Å². The minimum absolute atomic E-state index is 0.0508. The van der Waals surface area contributed by atoms with E-state index in [0.29, 0.717) is 26.5 Å². The number of carbonyl (C=O) groups excluding carboxylic acids is 2. The first kappa shape index (κ1) is 20.2. The zero-order chi connectivity index (χ0) is 20.1. The van der Waals surface area contributed by atoms with Crippen LogP contribution in [0, 0.1) is 0 Å². The van der Waals surface area contributed by atoms with Crippen molar-refractivity contribution in [1.29, 1.82) is 0 Å². The number of hydrogen-bond acceptors (Lipinski definition) is 6. The molecular formula is C18H14Cl2N4O3S. The topological polar surface area (TPSA) is 103 Å². The number of hydrogen-bond donors (Lipinski definition) is 3. The third-order valence-electron chi connectivity index (χ3n) is 3.58. The van der Waals surface area contributed by atoms with Gasteiger partial charge in [-0.05, 0) is 35.9 Å². The third-order valence-corrected chi connectivity index (χ3v) is 5.20. The average Bonchev–Trinajstić information content (AvgIpc) is 2.97. The summed E-state index contributed by atoms with van der Waals surface area (Å²) in [5.74, 6) is -0.568. The Morgan fingerprint density at radius 2 is 2.11 bits per heavy atom. The molecule has 2 aromatic carbocycles. The van der Waals surface area contributed by atoms with Crippen molar-refractivity contribution >= 4 is 63.8 Å². The minimum Gasteiger partial charge on any atom is -0.508 e. The molecule has 2 aromatic rings. The molecule has 1 atom stereocenters. The van der Waals surface area contributed by atoms with E-state index in [1.165, 1.54) is 18.3 Å². The highest BCUT2D eigenvalue weighted by molar-refractivity contribution is 8.15. The van der Waals surface area contributed by atoms with Crippen LogP contribution in [0.15, 0.2) is 52.7 Å². The molecule has 0 aliphatic carbocycles. The highest BCUT2D eigenvalue weighted by atomic mass is 35.5. The van der Waals surface area contributed by atoms with E-state index in [1.54, 1.807) is 30.3 Å². The van der Waals surface area contributed by atoms with E-state index < -0.39 is 5.25 Å². The average molecular weight is 437 g/mol. The quantitative estimate of drug-likeness (QED) is 0.491. The van der Waals surface area contributed by atoms with Crippen LogP contribution in [0.25, 0.3) is 0 Å². The molecule has 1 unspecified atom stereocenters. The highest BCUT2D eigenvalue weighted by Crippen LogP contribution is 2.27. The predicted octanol–water partition coefficient (Wildman–Crippen LogP) is 3.65. The smallest absolute Gasteiger partial charge is 0.240 e. The van der Waals surface area contributed by atoms with Crippen LogP contribution in [-0.4, -0.2) is 33.6 Å². The van der Waals surface area contributed by atoms with E-state index in [2.05, 4.69) is 20.8 Å². The third kappa shape index (κ3) is 5.48. The van der Waals surface area contributed by atoms with Crippen molar-refractivity contribution < 1.29 is 14.7 Å². The number of carbonyl (C=O) groups is 2. The van der Waals surface area contributed by atoms with E-state index in [0.717, 1.165) is 11.8 Å². The molecular weight excluding hydrogens is 423 g/mol. The number of amides is 2. The van der Waals surface area contributed by atoms with Crippen molar-refractivity contribution in [3.05, 3.63) is 58.1 Å². The van der Waals surface area contributed by atoms with Gasteiger partial charge >= 0.3 is 0 Å². The second-order valence-corrected chi connectivity index (χ2v) is 7.75. The van der Waals surface area contributed by atoms with Crippen LogP contribution in [0.5, 0.6) is 5.75 Å². The number of halogens is 2. The van der Waals surface area contributed by atoms with Gasteiger partial charge in [0.05, 0.1) is 16.9 Å². The number of nitrogens with zero attached hydrogens (tertiary/aromatic N) is 2. The van der Waals surface area contributed by atoms with Gasteiger partial charge in [0.25, 0.3) is 0 Å². The maximum atomic E-state index is 12.2. The van der Waals surface area contributed by atoms with Crippen LogP contribution in [0.4, 0.5) is 5.69 Å². The fourth-order valence-electron chi connectivity index (χ4n) is 2.30. The van der Waals surface area contributed by atoms with Gasteiger partial charge in [0.1, 0.15) is 11.0 Å². The summed E-state index contributed by atoms with van der Waals surface area (Å²) in [6, 6.07) is 11.2. The molecule has 144 valence electrons. The summed E-state index contributed by atoms with van der Waals surface area (Å²) >= 11 is 13.0. The lowest BCUT2D eigenvalue weighted by Crippen LogP contribution is -2.28. The standard InChI is InChI=1S/C18H14Cl2N4O3S/c19-11-4-5-14(13(20)7-11)22-16(26)8-15-17(27)23-18(28-15)24-21-9-10-2-1-3-12(25)6-10/h1-7,9,15,25H,8H2,(H,22,26)(H,23,24,27)/b21-9+. The van der Waals surface area contributed by atoms with E-state index >= 15 is 0 Å². The maximum absolute atomic E-state index is 12.2. The van der Waals surface area contributed by atoms with Crippen LogP contribution in [0.2, 0.25) is 10.0 Å². The Kier molecular flexibility index (Phi) is 6.56. The Balaban J connectivity index is 1.57. The molecule has 1 aliphatic rings. The predicted molar refractivity (Wildman–Crippen MR) is 112 cm³/mol. The Morgan fingerprint density at radius 3 is 2.86 bits per heavy atom. The number of phenols is 1. The number of benzene rings is 2. The Bertz CT molecular complexity index is 981. The van der Waals surface area contributed by atoms with Gasteiger partial charge in [0, 0.05) is 11.4 Å². The lowest BCUT2D eigenvalue weighted by Gasteiger charge is -2.09. The highest BCUT2D eigenvalue weighted by Gasteiger charge is 2.32. The second kappa shape index (κ2) is 9.09. The van der Waals surface area contributed by atoms with Gasteiger partial charge in [-0.2, -0.15) is 5.10 Å². The number of nitrogens with one attached hydrogen (secondary N) is 2. The van der Waals surface area contributed by atoms with Crippen molar-refractivity contribution in [3.63, 3.8) is 0 Å². The first-order valence-electron chi connectivity index (χ1n) is 8.03. The van der Waals surface area contributed by atoms with E-state index in [9.17, 15) is 14.7 Å². The monoisotopic (exact) mass is 436 g/mol. The lowest BCUT2D eigenvalue weighted by atomic mass is 10.2. The first-order chi connectivity index (χ1) is 13.4. The summed E-state index contributed by atoms with van der Waals surface area (Å²) in [6.07, 6.45) is 1.40.